The molecule has 0 bridgehead atoms. The summed E-state index contributed by atoms with van der Waals surface area (Å²) in [5, 5.41) is 5.44. The highest BCUT2D eigenvalue weighted by molar-refractivity contribution is 9.10. The number of aryl methyl sites for hydroxylation is 1. The summed E-state index contributed by atoms with van der Waals surface area (Å²) < 4.78 is 6.87. The van der Waals surface area contributed by atoms with Crippen LogP contribution in [0.4, 0.5) is 16.2 Å². The summed E-state index contributed by atoms with van der Waals surface area (Å²) in [6.45, 7) is 1.61. The molecule has 0 radical (unpaired) electrons. The second kappa shape index (κ2) is 11.3. The number of amides is 5. The first-order valence-electron chi connectivity index (χ1n) is 10.8. The normalized spacial score (nSPS) is 14.5. The number of urea groups is 1. The quantitative estimate of drug-likeness (QED) is 0.258. The number of ether oxygens (including phenoxy) is 1. The molecule has 0 atom stereocenters. The van der Waals surface area contributed by atoms with Crippen LogP contribution < -0.4 is 20.3 Å². The summed E-state index contributed by atoms with van der Waals surface area (Å²) in [6, 6.07) is 15.7. The minimum Gasteiger partial charge on any atom is -0.483 e. The average molecular weight is 648 g/mol. The molecular weight excluding hydrogens is 630 g/mol. The van der Waals surface area contributed by atoms with Gasteiger partial charge in [-0.1, -0.05) is 39.7 Å². The molecule has 3 aromatic carbocycles. The first-order chi connectivity index (χ1) is 17.6. The second-order valence-electron chi connectivity index (χ2n) is 7.92. The Hall–Kier alpha value is -3.47. The number of carbonyl (C=O) groups excluding carboxylic acids is 4. The van der Waals surface area contributed by atoms with Crippen LogP contribution in [-0.4, -0.2) is 30.4 Å². The van der Waals surface area contributed by atoms with Crippen molar-refractivity contribution < 1.29 is 23.9 Å². The van der Waals surface area contributed by atoms with Crippen molar-refractivity contribution >= 4 is 84.7 Å². The summed E-state index contributed by atoms with van der Waals surface area (Å²) in [7, 11) is 0. The minimum absolute atomic E-state index is 0.209. The van der Waals surface area contributed by atoms with Gasteiger partial charge in [0.15, 0.2) is 6.61 Å². The van der Waals surface area contributed by atoms with Crippen LogP contribution in [0.15, 0.2) is 75.2 Å². The van der Waals surface area contributed by atoms with E-state index in [2.05, 4.69) is 42.5 Å². The first kappa shape index (κ1) is 26.6. The first-order valence-corrected chi connectivity index (χ1v) is 12.7. The van der Waals surface area contributed by atoms with Crippen molar-refractivity contribution in [3.63, 3.8) is 0 Å². The number of hydrogen-bond acceptors (Lipinski definition) is 5. The molecule has 0 unspecified atom stereocenters. The van der Waals surface area contributed by atoms with Crippen LogP contribution in [0.1, 0.15) is 11.1 Å². The Bertz CT molecular complexity index is 1460. The molecule has 0 aliphatic carbocycles. The zero-order chi connectivity index (χ0) is 26.7. The highest BCUT2D eigenvalue weighted by atomic mass is 79.9. The number of imide groups is 2. The number of anilines is 2. The summed E-state index contributed by atoms with van der Waals surface area (Å²) in [6.07, 6.45) is 1.37. The molecule has 1 saturated heterocycles. The van der Waals surface area contributed by atoms with E-state index in [-0.39, 0.29) is 18.1 Å². The maximum absolute atomic E-state index is 13.0. The second-order valence-corrected chi connectivity index (χ2v) is 10.1. The number of rotatable bonds is 6. The van der Waals surface area contributed by atoms with E-state index in [4.69, 9.17) is 16.3 Å². The standard InChI is InChI=1S/C26H18Br2ClN3O5/c1-14-2-6-17(12-21(14)29)30-23(33)13-37-22-9-3-15(11-20(22)28)10-19-24(34)31-26(36)32(25(19)35)18-7-4-16(27)5-8-18/h2-12H,13H2,1H3,(H,30,33)(H,31,34,36)/b19-10+. The van der Waals surface area contributed by atoms with Crippen LogP contribution in [0.2, 0.25) is 5.02 Å². The Morgan fingerprint density at radius 2 is 1.78 bits per heavy atom. The minimum atomic E-state index is -0.828. The zero-order valence-corrected chi connectivity index (χ0v) is 23.1. The van der Waals surface area contributed by atoms with Gasteiger partial charge < -0.3 is 10.1 Å². The van der Waals surface area contributed by atoms with Crippen LogP contribution >= 0.6 is 43.5 Å². The number of barbiturate groups is 1. The lowest BCUT2D eigenvalue weighted by Crippen LogP contribution is -2.54. The van der Waals surface area contributed by atoms with Gasteiger partial charge in [0.1, 0.15) is 11.3 Å². The Labute approximate surface area is 233 Å². The Balaban J connectivity index is 1.46. The molecule has 1 heterocycles. The van der Waals surface area contributed by atoms with Gasteiger partial charge in [0.05, 0.1) is 10.2 Å². The van der Waals surface area contributed by atoms with Crippen molar-refractivity contribution in [1.82, 2.24) is 5.32 Å². The predicted octanol–water partition coefficient (Wildman–Crippen LogP) is 5.86. The Morgan fingerprint density at radius 1 is 1.05 bits per heavy atom. The van der Waals surface area contributed by atoms with Gasteiger partial charge in [0.2, 0.25) is 0 Å². The Morgan fingerprint density at radius 3 is 2.46 bits per heavy atom. The highest BCUT2D eigenvalue weighted by Gasteiger charge is 2.36. The van der Waals surface area contributed by atoms with Crippen LogP contribution in [0.25, 0.3) is 6.08 Å². The summed E-state index contributed by atoms with van der Waals surface area (Å²) in [4.78, 5) is 51.0. The van der Waals surface area contributed by atoms with E-state index >= 15 is 0 Å². The lowest BCUT2D eigenvalue weighted by atomic mass is 10.1. The molecule has 2 N–H and O–H groups in total. The van der Waals surface area contributed by atoms with Crippen LogP contribution in [-0.2, 0) is 14.4 Å². The maximum atomic E-state index is 13.0. The third kappa shape index (κ3) is 6.27. The van der Waals surface area contributed by atoms with Gasteiger partial charge in [-0.2, -0.15) is 0 Å². The van der Waals surface area contributed by atoms with E-state index in [0.29, 0.717) is 32.2 Å². The third-order valence-electron chi connectivity index (χ3n) is 5.27. The molecule has 1 aliphatic heterocycles. The molecule has 4 rings (SSSR count). The number of nitrogens with zero attached hydrogens (tertiary/aromatic N) is 1. The topological polar surface area (TPSA) is 105 Å². The van der Waals surface area contributed by atoms with Gasteiger partial charge in [0, 0.05) is 15.2 Å². The number of halogens is 3. The monoisotopic (exact) mass is 645 g/mol. The van der Waals surface area contributed by atoms with Gasteiger partial charge in [-0.25, -0.2) is 9.69 Å². The summed E-state index contributed by atoms with van der Waals surface area (Å²) in [5.41, 5.74) is 2.06. The third-order valence-corrected chi connectivity index (χ3v) is 6.82. The number of carbonyl (C=O) groups is 4. The van der Waals surface area contributed by atoms with Gasteiger partial charge in [-0.15, -0.1) is 0 Å². The molecule has 8 nitrogen and oxygen atoms in total. The number of benzene rings is 3. The fourth-order valence-electron chi connectivity index (χ4n) is 3.38. The lowest BCUT2D eigenvalue weighted by Gasteiger charge is -2.26. The predicted molar refractivity (Wildman–Crippen MR) is 148 cm³/mol. The van der Waals surface area contributed by atoms with Crippen LogP contribution in [0.3, 0.4) is 0 Å². The fourth-order valence-corrected chi connectivity index (χ4v) is 4.34. The van der Waals surface area contributed by atoms with Gasteiger partial charge in [0.25, 0.3) is 17.7 Å². The smallest absolute Gasteiger partial charge is 0.335 e. The fraction of sp³-hybridized carbons (Fsp3) is 0.0769. The molecule has 0 spiro atoms. The van der Waals surface area contributed by atoms with E-state index in [1.165, 1.54) is 6.08 Å². The average Bonchev–Trinajstić information content (AvgIpc) is 2.84. The molecule has 37 heavy (non-hydrogen) atoms. The SMILES string of the molecule is Cc1ccc(NC(=O)COc2ccc(/C=C3\C(=O)NC(=O)N(c4ccc(Br)cc4)C3=O)cc2Br)cc1Cl. The van der Waals surface area contributed by atoms with Crippen molar-refractivity contribution in [2.75, 3.05) is 16.8 Å². The van der Waals surface area contributed by atoms with Gasteiger partial charge >= 0.3 is 6.03 Å². The molecule has 0 saturated carbocycles. The van der Waals surface area contributed by atoms with Crippen molar-refractivity contribution in [2.45, 2.75) is 6.92 Å². The number of nitrogens with one attached hydrogen (secondary N) is 2. The van der Waals surface area contributed by atoms with Crippen LogP contribution in [0, 0.1) is 6.92 Å². The van der Waals surface area contributed by atoms with Gasteiger partial charge in [-0.3, -0.25) is 19.7 Å². The highest BCUT2D eigenvalue weighted by Crippen LogP contribution is 2.29. The Kier molecular flexibility index (Phi) is 8.11. The lowest BCUT2D eigenvalue weighted by molar-refractivity contribution is -0.122. The summed E-state index contributed by atoms with van der Waals surface area (Å²) in [5.74, 6) is -1.54. The molecule has 5 amide bonds. The molecule has 1 fully saturated rings. The summed E-state index contributed by atoms with van der Waals surface area (Å²) >= 11 is 12.8. The van der Waals surface area contributed by atoms with Gasteiger partial charge in [-0.05, 0) is 88.6 Å². The van der Waals surface area contributed by atoms with E-state index in [1.807, 2.05) is 6.92 Å². The molecule has 3 aromatic rings. The van der Waals surface area contributed by atoms with Crippen molar-refractivity contribution in [3.8, 4) is 5.75 Å². The maximum Gasteiger partial charge on any atom is 0.335 e. The van der Waals surface area contributed by atoms with E-state index in [1.54, 1.807) is 60.7 Å². The molecule has 0 aromatic heterocycles. The van der Waals surface area contributed by atoms with E-state index in [9.17, 15) is 19.2 Å². The van der Waals surface area contributed by atoms with Crippen molar-refractivity contribution in [3.05, 3.63) is 91.3 Å². The number of hydrogen-bond donors (Lipinski definition) is 2. The zero-order valence-electron chi connectivity index (χ0n) is 19.2. The van der Waals surface area contributed by atoms with E-state index in [0.717, 1.165) is 14.9 Å². The molecule has 1 aliphatic rings. The van der Waals surface area contributed by atoms with E-state index < -0.39 is 17.8 Å². The molecule has 11 heteroatoms. The molecule has 188 valence electrons. The van der Waals surface area contributed by atoms with Crippen LogP contribution in [0.5, 0.6) is 5.75 Å². The van der Waals surface area contributed by atoms with Crippen molar-refractivity contribution in [2.24, 2.45) is 0 Å². The largest absolute Gasteiger partial charge is 0.483 e. The molecular formula is C26H18Br2ClN3O5. The van der Waals surface area contributed by atoms with Crippen molar-refractivity contribution in [1.29, 1.82) is 0 Å².